The lowest BCUT2D eigenvalue weighted by molar-refractivity contribution is 0.102. The van der Waals surface area contributed by atoms with Crippen LogP contribution in [0, 0.1) is 12.7 Å². The largest absolute Gasteiger partial charge is 0.376 e. The van der Waals surface area contributed by atoms with E-state index >= 15 is 0 Å². The predicted octanol–water partition coefficient (Wildman–Crippen LogP) is 3.45. The third kappa shape index (κ3) is 2.79. The van der Waals surface area contributed by atoms with Crippen molar-refractivity contribution in [2.45, 2.75) is 6.92 Å². The normalized spacial score (nSPS) is 10.2. The Labute approximate surface area is 118 Å². The van der Waals surface area contributed by atoms with Crippen LogP contribution in [0.2, 0.25) is 0 Å². The number of carbonyl (C=O) groups is 1. The molecule has 104 valence electrons. The van der Waals surface area contributed by atoms with Gasteiger partial charge in [-0.25, -0.2) is 4.39 Å². The van der Waals surface area contributed by atoms with Gasteiger partial charge in [-0.05, 0) is 30.7 Å². The highest BCUT2D eigenvalue weighted by atomic mass is 19.1. The quantitative estimate of drug-likeness (QED) is 0.928. The van der Waals surface area contributed by atoms with Crippen molar-refractivity contribution in [3.63, 3.8) is 0 Å². The fraction of sp³-hybridized carbons (Fsp3) is 0.188. The van der Waals surface area contributed by atoms with Gasteiger partial charge in [0.2, 0.25) is 0 Å². The number of aryl methyl sites for hydroxylation is 1. The summed E-state index contributed by atoms with van der Waals surface area (Å²) in [5.74, 6) is -0.923. The summed E-state index contributed by atoms with van der Waals surface area (Å²) in [4.78, 5) is 14.1. The molecule has 2 aromatic carbocycles. The number of amides is 1. The Morgan fingerprint density at radius 2 is 1.80 bits per heavy atom. The summed E-state index contributed by atoms with van der Waals surface area (Å²) in [6.45, 7) is 1.64. The number of nitrogens with zero attached hydrogens (tertiary/aromatic N) is 1. The van der Waals surface area contributed by atoms with E-state index in [9.17, 15) is 9.18 Å². The van der Waals surface area contributed by atoms with Crippen molar-refractivity contribution in [2.24, 2.45) is 0 Å². The molecule has 0 aliphatic rings. The lowest BCUT2D eigenvalue weighted by Gasteiger charge is -2.18. The Kier molecular flexibility index (Phi) is 4.03. The first-order valence-corrected chi connectivity index (χ1v) is 6.33. The van der Waals surface area contributed by atoms with Gasteiger partial charge in [-0.1, -0.05) is 24.3 Å². The molecule has 0 aliphatic carbocycles. The summed E-state index contributed by atoms with van der Waals surface area (Å²) in [5.41, 5.74) is 2.04. The monoisotopic (exact) mass is 272 g/mol. The van der Waals surface area contributed by atoms with Crippen LogP contribution in [0.15, 0.2) is 42.5 Å². The SMILES string of the molecule is Cc1cccc(C(=O)Nc2ccccc2N(C)C)c1F. The summed E-state index contributed by atoms with van der Waals surface area (Å²) < 4.78 is 13.9. The number of hydrogen-bond acceptors (Lipinski definition) is 2. The van der Waals surface area contributed by atoms with Crippen molar-refractivity contribution in [1.82, 2.24) is 0 Å². The summed E-state index contributed by atoms with van der Waals surface area (Å²) in [7, 11) is 3.77. The molecule has 20 heavy (non-hydrogen) atoms. The maximum atomic E-state index is 13.9. The minimum Gasteiger partial charge on any atom is -0.376 e. The molecule has 0 aliphatic heterocycles. The Hall–Kier alpha value is -2.36. The van der Waals surface area contributed by atoms with Gasteiger partial charge in [0.1, 0.15) is 5.82 Å². The molecule has 0 atom stereocenters. The minimum atomic E-state index is -0.479. The first-order chi connectivity index (χ1) is 9.50. The molecule has 0 fully saturated rings. The van der Waals surface area contributed by atoms with E-state index in [1.807, 2.05) is 37.2 Å². The molecule has 0 saturated heterocycles. The fourth-order valence-electron chi connectivity index (χ4n) is 1.98. The molecule has 0 unspecified atom stereocenters. The molecule has 0 spiro atoms. The summed E-state index contributed by atoms with van der Waals surface area (Å²) in [6, 6.07) is 12.2. The molecule has 0 saturated carbocycles. The number of carbonyl (C=O) groups excluding carboxylic acids is 1. The number of benzene rings is 2. The molecule has 3 nitrogen and oxygen atoms in total. The summed E-state index contributed by atoms with van der Waals surface area (Å²) in [5, 5.41) is 2.76. The smallest absolute Gasteiger partial charge is 0.258 e. The van der Waals surface area contributed by atoms with E-state index in [0.717, 1.165) is 5.69 Å². The standard InChI is InChI=1S/C16H17FN2O/c1-11-7-6-8-12(15(11)17)16(20)18-13-9-4-5-10-14(13)19(2)3/h4-10H,1-3H3,(H,18,20). The molecule has 1 N–H and O–H groups in total. The van der Waals surface area contributed by atoms with E-state index < -0.39 is 11.7 Å². The van der Waals surface area contributed by atoms with Crippen LogP contribution in [-0.2, 0) is 0 Å². The van der Waals surface area contributed by atoms with Gasteiger partial charge in [0, 0.05) is 14.1 Å². The lowest BCUT2D eigenvalue weighted by atomic mass is 10.1. The Morgan fingerprint density at radius 3 is 2.50 bits per heavy atom. The van der Waals surface area contributed by atoms with Crippen LogP contribution in [0.5, 0.6) is 0 Å². The van der Waals surface area contributed by atoms with Crippen molar-refractivity contribution in [1.29, 1.82) is 0 Å². The second kappa shape index (κ2) is 5.74. The Morgan fingerprint density at radius 1 is 1.10 bits per heavy atom. The molecule has 0 aromatic heterocycles. The molecule has 0 bridgehead atoms. The summed E-state index contributed by atoms with van der Waals surface area (Å²) >= 11 is 0. The van der Waals surface area contributed by atoms with Crippen molar-refractivity contribution in [3.8, 4) is 0 Å². The molecule has 1 amide bonds. The maximum Gasteiger partial charge on any atom is 0.258 e. The van der Waals surface area contributed by atoms with E-state index in [1.165, 1.54) is 6.07 Å². The third-order valence-corrected chi connectivity index (χ3v) is 3.07. The number of rotatable bonds is 3. The zero-order valence-corrected chi connectivity index (χ0v) is 11.8. The third-order valence-electron chi connectivity index (χ3n) is 3.07. The lowest BCUT2D eigenvalue weighted by Crippen LogP contribution is -2.17. The predicted molar refractivity (Wildman–Crippen MR) is 79.9 cm³/mol. The zero-order valence-electron chi connectivity index (χ0n) is 11.8. The van der Waals surface area contributed by atoms with Crippen LogP contribution in [0.1, 0.15) is 15.9 Å². The zero-order chi connectivity index (χ0) is 14.7. The van der Waals surface area contributed by atoms with E-state index in [0.29, 0.717) is 11.3 Å². The second-order valence-electron chi connectivity index (χ2n) is 4.80. The number of para-hydroxylation sites is 2. The first-order valence-electron chi connectivity index (χ1n) is 6.33. The van der Waals surface area contributed by atoms with E-state index in [2.05, 4.69) is 5.32 Å². The van der Waals surface area contributed by atoms with Gasteiger partial charge in [-0.3, -0.25) is 4.79 Å². The van der Waals surface area contributed by atoms with Crippen LogP contribution in [-0.4, -0.2) is 20.0 Å². The topological polar surface area (TPSA) is 32.3 Å². The van der Waals surface area contributed by atoms with Crippen LogP contribution in [0.25, 0.3) is 0 Å². The molecule has 2 aromatic rings. The van der Waals surface area contributed by atoms with Gasteiger partial charge in [-0.2, -0.15) is 0 Å². The molecular weight excluding hydrogens is 255 g/mol. The van der Waals surface area contributed by atoms with Crippen molar-refractivity contribution in [2.75, 3.05) is 24.3 Å². The van der Waals surface area contributed by atoms with Crippen molar-refractivity contribution < 1.29 is 9.18 Å². The van der Waals surface area contributed by atoms with Crippen molar-refractivity contribution in [3.05, 3.63) is 59.4 Å². The van der Waals surface area contributed by atoms with Crippen LogP contribution < -0.4 is 10.2 Å². The second-order valence-corrected chi connectivity index (χ2v) is 4.80. The average Bonchev–Trinajstić information content (AvgIpc) is 2.42. The molecule has 0 heterocycles. The molecule has 2 rings (SSSR count). The van der Waals surface area contributed by atoms with Crippen molar-refractivity contribution >= 4 is 17.3 Å². The molecule has 0 radical (unpaired) electrons. The Bertz CT molecular complexity index is 638. The van der Waals surface area contributed by atoms with Gasteiger partial charge in [0.25, 0.3) is 5.91 Å². The van der Waals surface area contributed by atoms with Crippen LogP contribution in [0.3, 0.4) is 0 Å². The van der Waals surface area contributed by atoms with E-state index in [1.54, 1.807) is 25.1 Å². The summed E-state index contributed by atoms with van der Waals surface area (Å²) in [6.07, 6.45) is 0. The van der Waals surface area contributed by atoms with Crippen LogP contribution >= 0.6 is 0 Å². The number of hydrogen-bond donors (Lipinski definition) is 1. The van der Waals surface area contributed by atoms with Gasteiger partial charge >= 0.3 is 0 Å². The van der Waals surface area contributed by atoms with Gasteiger partial charge in [0.05, 0.1) is 16.9 Å². The maximum absolute atomic E-state index is 13.9. The Balaban J connectivity index is 2.31. The highest BCUT2D eigenvalue weighted by Gasteiger charge is 2.14. The van der Waals surface area contributed by atoms with Crippen LogP contribution in [0.4, 0.5) is 15.8 Å². The number of halogens is 1. The van der Waals surface area contributed by atoms with Gasteiger partial charge < -0.3 is 10.2 Å². The number of nitrogens with one attached hydrogen (secondary N) is 1. The van der Waals surface area contributed by atoms with E-state index in [-0.39, 0.29) is 5.56 Å². The minimum absolute atomic E-state index is 0.0542. The highest BCUT2D eigenvalue weighted by molar-refractivity contribution is 6.06. The average molecular weight is 272 g/mol. The van der Waals surface area contributed by atoms with Gasteiger partial charge in [-0.15, -0.1) is 0 Å². The molecule has 4 heteroatoms. The van der Waals surface area contributed by atoms with Gasteiger partial charge in [0.15, 0.2) is 0 Å². The first kappa shape index (κ1) is 14.1. The van der Waals surface area contributed by atoms with E-state index in [4.69, 9.17) is 0 Å². The fourth-order valence-corrected chi connectivity index (χ4v) is 1.98. The molecular formula is C16H17FN2O. The highest BCUT2D eigenvalue weighted by Crippen LogP contribution is 2.24. The number of anilines is 2.